The van der Waals surface area contributed by atoms with Gasteiger partial charge in [-0.25, -0.2) is 4.79 Å². The SMILES string of the molecule is CC=CC(O)C(=O)OC. The highest BCUT2D eigenvalue weighted by molar-refractivity contribution is 5.76. The van der Waals surface area contributed by atoms with E-state index >= 15 is 0 Å². The molecule has 0 radical (unpaired) electrons. The monoisotopic (exact) mass is 130 g/mol. The molecule has 1 atom stereocenters. The molecule has 3 nitrogen and oxygen atoms in total. The van der Waals surface area contributed by atoms with Crippen molar-refractivity contribution in [3.8, 4) is 0 Å². The van der Waals surface area contributed by atoms with Gasteiger partial charge < -0.3 is 9.84 Å². The second-order valence-electron chi connectivity index (χ2n) is 1.49. The predicted molar refractivity (Wildman–Crippen MR) is 32.8 cm³/mol. The number of hydrogen-bond acceptors (Lipinski definition) is 3. The van der Waals surface area contributed by atoms with E-state index in [4.69, 9.17) is 5.11 Å². The molecule has 3 heteroatoms. The summed E-state index contributed by atoms with van der Waals surface area (Å²) in [5.74, 6) is -0.631. The summed E-state index contributed by atoms with van der Waals surface area (Å²) < 4.78 is 4.22. The molecule has 0 fully saturated rings. The van der Waals surface area contributed by atoms with Crippen molar-refractivity contribution in [1.29, 1.82) is 0 Å². The number of rotatable bonds is 2. The normalized spacial score (nSPS) is 13.7. The van der Waals surface area contributed by atoms with Gasteiger partial charge in [0.2, 0.25) is 0 Å². The molecule has 1 N–H and O–H groups in total. The van der Waals surface area contributed by atoms with Crippen LogP contribution in [0.15, 0.2) is 12.2 Å². The molecule has 0 aromatic rings. The van der Waals surface area contributed by atoms with Gasteiger partial charge in [-0.15, -0.1) is 0 Å². The van der Waals surface area contributed by atoms with Crippen LogP contribution in [-0.2, 0) is 9.53 Å². The smallest absolute Gasteiger partial charge is 0.338 e. The van der Waals surface area contributed by atoms with Crippen molar-refractivity contribution >= 4 is 5.97 Å². The first-order chi connectivity index (χ1) is 4.22. The zero-order valence-corrected chi connectivity index (χ0v) is 5.50. The molecular weight excluding hydrogens is 120 g/mol. The molecule has 0 aliphatic carbocycles. The van der Waals surface area contributed by atoms with Crippen LogP contribution in [0.1, 0.15) is 6.92 Å². The van der Waals surface area contributed by atoms with E-state index < -0.39 is 12.1 Å². The standard InChI is InChI=1S/C6H10O3/c1-3-4-5(7)6(8)9-2/h3-5,7H,1-2H3. The maximum absolute atomic E-state index is 10.4. The Morgan fingerprint density at radius 1 is 1.78 bits per heavy atom. The summed E-state index contributed by atoms with van der Waals surface area (Å²) in [7, 11) is 1.23. The summed E-state index contributed by atoms with van der Waals surface area (Å²) in [4.78, 5) is 10.4. The van der Waals surface area contributed by atoms with Crippen LogP contribution in [0.4, 0.5) is 0 Å². The van der Waals surface area contributed by atoms with Gasteiger partial charge in [0.15, 0.2) is 6.10 Å². The quantitative estimate of drug-likeness (QED) is 0.426. The number of methoxy groups -OCH3 is 1. The first kappa shape index (κ1) is 8.17. The molecule has 0 spiro atoms. The summed E-state index contributed by atoms with van der Waals surface area (Å²) in [6.45, 7) is 1.71. The zero-order valence-electron chi connectivity index (χ0n) is 5.50. The third-order valence-electron chi connectivity index (χ3n) is 0.817. The molecule has 0 aliphatic rings. The van der Waals surface area contributed by atoms with E-state index in [9.17, 15) is 4.79 Å². The van der Waals surface area contributed by atoms with Gasteiger partial charge in [0.25, 0.3) is 0 Å². The molecular formula is C6H10O3. The molecule has 0 aromatic heterocycles. The van der Waals surface area contributed by atoms with E-state index in [2.05, 4.69) is 4.74 Å². The van der Waals surface area contributed by atoms with Gasteiger partial charge in [0, 0.05) is 0 Å². The van der Waals surface area contributed by atoms with Gasteiger partial charge in [0.1, 0.15) is 0 Å². The lowest BCUT2D eigenvalue weighted by Crippen LogP contribution is -2.18. The molecule has 0 amide bonds. The Kier molecular flexibility index (Phi) is 3.71. The maximum atomic E-state index is 10.4. The Hall–Kier alpha value is -0.830. The topological polar surface area (TPSA) is 46.5 Å². The number of carbonyl (C=O) groups is 1. The van der Waals surface area contributed by atoms with Crippen LogP contribution in [0.25, 0.3) is 0 Å². The minimum atomic E-state index is -1.11. The number of carbonyl (C=O) groups excluding carboxylic acids is 1. The number of esters is 1. The molecule has 0 aromatic carbocycles. The van der Waals surface area contributed by atoms with Gasteiger partial charge >= 0.3 is 5.97 Å². The minimum absolute atomic E-state index is 0.631. The van der Waals surface area contributed by atoms with Crippen LogP contribution < -0.4 is 0 Å². The van der Waals surface area contributed by atoms with E-state index in [1.807, 2.05) is 0 Å². The van der Waals surface area contributed by atoms with E-state index in [0.717, 1.165) is 0 Å². The van der Waals surface area contributed by atoms with E-state index in [1.165, 1.54) is 13.2 Å². The molecule has 1 unspecified atom stereocenters. The van der Waals surface area contributed by atoms with Crippen molar-refractivity contribution in [2.75, 3.05) is 7.11 Å². The van der Waals surface area contributed by atoms with Crippen LogP contribution in [0, 0.1) is 0 Å². The lowest BCUT2D eigenvalue weighted by atomic mass is 10.3. The summed E-state index contributed by atoms with van der Waals surface area (Å²) >= 11 is 0. The average Bonchev–Trinajstić information content (AvgIpc) is 1.87. The van der Waals surface area contributed by atoms with Gasteiger partial charge in [-0.05, 0) is 13.0 Å². The Bertz CT molecular complexity index is 117. The van der Waals surface area contributed by atoms with Crippen molar-refractivity contribution in [3.63, 3.8) is 0 Å². The third kappa shape index (κ3) is 2.87. The Labute approximate surface area is 53.9 Å². The summed E-state index contributed by atoms with van der Waals surface area (Å²) in [5, 5.41) is 8.76. The number of aliphatic hydroxyl groups is 1. The van der Waals surface area contributed by atoms with Crippen LogP contribution in [-0.4, -0.2) is 24.3 Å². The van der Waals surface area contributed by atoms with Gasteiger partial charge in [-0.2, -0.15) is 0 Å². The summed E-state index contributed by atoms with van der Waals surface area (Å²) in [5.41, 5.74) is 0. The van der Waals surface area contributed by atoms with Gasteiger partial charge in [0.05, 0.1) is 7.11 Å². The second kappa shape index (κ2) is 4.09. The van der Waals surface area contributed by atoms with E-state index in [0.29, 0.717) is 0 Å². The highest BCUT2D eigenvalue weighted by Crippen LogP contribution is 1.87. The lowest BCUT2D eigenvalue weighted by molar-refractivity contribution is -0.147. The molecule has 0 heterocycles. The van der Waals surface area contributed by atoms with Gasteiger partial charge in [-0.3, -0.25) is 0 Å². The molecule has 9 heavy (non-hydrogen) atoms. The number of ether oxygens (including phenoxy) is 1. The van der Waals surface area contributed by atoms with Crippen LogP contribution >= 0.6 is 0 Å². The first-order valence-corrected chi connectivity index (χ1v) is 2.61. The zero-order chi connectivity index (χ0) is 7.28. The lowest BCUT2D eigenvalue weighted by Gasteiger charge is -1.99. The molecule has 52 valence electrons. The molecule has 0 rings (SSSR count). The van der Waals surface area contributed by atoms with Crippen LogP contribution in [0.2, 0.25) is 0 Å². The highest BCUT2D eigenvalue weighted by Gasteiger charge is 2.08. The molecule has 0 saturated heterocycles. The van der Waals surface area contributed by atoms with Crippen molar-refractivity contribution in [2.45, 2.75) is 13.0 Å². The summed E-state index contributed by atoms with van der Waals surface area (Å²) in [6.07, 6.45) is 1.83. The van der Waals surface area contributed by atoms with Crippen molar-refractivity contribution in [1.82, 2.24) is 0 Å². The Morgan fingerprint density at radius 2 is 2.33 bits per heavy atom. The Balaban J connectivity index is 3.72. The largest absolute Gasteiger partial charge is 0.467 e. The van der Waals surface area contributed by atoms with Crippen LogP contribution in [0.5, 0.6) is 0 Å². The third-order valence-corrected chi connectivity index (χ3v) is 0.817. The predicted octanol–water partition coefficient (Wildman–Crippen LogP) is 0.0964. The number of aliphatic hydroxyl groups excluding tert-OH is 1. The van der Waals surface area contributed by atoms with E-state index in [1.54, 1.807) is 13.0 Å². The fraction of sp³-hybridized carbons (Fsp3) is 0.500. The summed E-state index contributed by atoms with van der Waals surface area (Å²) in [6, 6.07) is 0. The second-order valence-corrected chi connectivity index (χ2v) is 1.49. The van der Waals surface area contributed by atoms with Crippen molar-refractivity contribution in [2.24, 2.45) is 0 Å². The molecule has 0 saturated carbocycles. The van der Waals surface area contributed by atoms with E-state index in [-0.39, 0.29) is 0 Å². The van der Waals surface area contributed by atoms with Crippen molar-refractivity contribution < 1.29 is 14.6 Å². The Morgan fingerprint density at radius 3 is 2.67 bits per heavy atom. The highest BCUT2D eigenvalue weighted by atomic mass is 16.5. The average molecular weight is 130 g/mol. The first-order valence-electron chi connectivity index (χ1n) is 2.61. The van der Waals surface area contributed by atoms with Gasteiger partial charge in [-0.1, -0.05) is 6.08 Å². The van der Waals surface area contributed by atoms with Crippen molar-refractivity contribution in [3.05, 3.63) is 12.2 Å². The van der Waals surface area contributed by atoms with Crippen LogP contribution in [0.3, 0.4) is 0 Å². The number of allylic oxidation sites excluding steroid dienone is 1. The number of hydrogen-bond donors (Lipinski definition) is 1. The fourth-order valence-electron chi connectivity index (χ4n) is 0.382. The minimum Gasteiger partial charge on any atom is -0.467 e. The molecule has 0 bridgehead atoms. The maximum Gasteiger partial charge on any atom is 0.338 e. The fourth-order valence-corrected chi connectivity index (χ4v) is 0.382. The molecule has 0 aliphatic heterocycles.